The highest BCUT2D eigenvalue weighted by molar-refractivity contribution is 6.31. The third-order valence-electron chi connectivity index (χ3n) is 7.18. The maximum atomic E-state index is 6.60. The zero-order valence-electron chi connectivity index (χ0n) is 18.7. The molecule has 0 aromatic heterocycles. The van der Waals surface area contributed by atoms with Crippen LogP contribution in [0.25, 0.3) is 0 Å². The maximum absolute atomic E-state index is 6.60. The molecule has 3 aliphatic rings. The van der Waals surface area contributed by atoms with Crippen LogP contribution in [0.5, 0.6) is 0 Å². The Kier molecular flexibility index (Phi) is 8.10. The van der Waals surface area contributed by atoms with E-state index in [1.165, 1.54) is 18.5 Å². The average Bonchev–Trinajstić information content (AvgIpc) is 3.32. The molecule has 4 rings (SSSR count). The number of hydrogen-bond acceptors (Lipinski definition) is 4. The van der Waals surface area contributed by atoms with Gasteiger partial charge in [0.05, 0.1) is 6.61 Å². The highest BCUT2D eigenvalue weighted by Crippen LogP contribution is 2.38. The van der Waals surface area contributed by atoms with Crippen LogP contribution in [0.2, 0.25) is 5.02 Å². The number of likely N-dealkylation sites (tertiary alicyclic amines) is 1. The monoisotopic (exact) mass is 448 g/mol. The number of nitrogens with zero attached hydrogens (tertiary/aromatic N) is 2. The van der Waals surface area contributed by atoms with Gasteiger partial charge in [-0.3, -0.25) is 4.99 Å². The Morgan fingerprint density at radius 3 is 2.58 bits per heavy atom. The van der Waals surface area contributed by atoms with Crippen molar-refractivity contribution in [1.82, 2.24) is 15.5 Å². The number of rotatable bonds is 6. The summed E-state index contributed by atoms with van der Waals surface area (Å²) in [5.74, 6) is 1.61. The maximum Gasteiger partial charge on any atom is 0.191 e. The molecular formula is C24H37ClN4O2. The zero-order valence-corrected chi connectivity index (χ0v) is 19.5. The van der Waals surface area contributed by atoms with Crippen LogP contribution in [0.15, 0.2) is 29.3 Å². The first kappa shape index (κ1) is 22.8. The molecule has 1 unspecified atom stereocenters. The van der Waals surface area contributed by atoms with Gasteiger partial charge in [0.2, 0.25) is 0 Å². The third-order valence-corrected chi connectivity index (χ3v) is 7.51. The molecule has 3 fully saturated rings. The molecule has 1 atom stereocenters. The quantitative estimate of drug-likeness (QED) is 0.517. The van der Waals surface area contributed by atoms with Gasteiger partial charge in [-0.05, 0) is 49.7 Å². The number of nitrogens with one attached hydrogen (secondary N) is 2. The molecule has 6 nitrogen and oxygen atoms in total. The molecule has 0 aliphatic carbocycles. The number of ether oxygens (including phenoxy) is 2. The van der Waals surface area contributed by atoms with E-state index in [4.69, 9.17) is 21.1 Å². The number of piperidine rings is 1. The van der Waals surface area contributed by atoms with Crippen molar-refractivity contribution < 1.29 is 9.47 Å². The van der Waals surface area contributed by atoms with Gasteiger partial charge in [-0.15, -0.1) is 0 Å². The molecular weight excluding hydrogens is 412 g/mol. The molecule has 2 N–H and O–H groups in total. The van der Waals surface area contributed by atoms with Crippen LogP contribution in [-0.4, -0.2) is 76.6 Å². The molecule has 0 amide bonds. The molecule has 31 heavy (non-hydrogen) atoms. The van der Waals surface area contributed by atoms with Crippen molar-refractivity contribution in [3.63, 3.8) is 0 Å². The summed E-state index contributed by atoms with van der Waals surface area (Å²) in [6.45, 7) is 7.69. The molecule has 172 valence electrons. The highest BCUT2D eigenvalue weighted by Gasteiger charge is 2.36. The minimum Gasteiger partial charge on any atom is -0.381 e. The molecule has 3 saturated heterocycles. The molecule has 3 aliphatic heterocycles. The Morgan fingerprint density at radius 2 is 1.90 bits per heavy atom. The average molecular weight is 449 g/mol. The number of aliphatic imine (C=N–C) groups is 1. The fraction of sp³-hybridized carbons (Fsp3) is 0.708. The Bertz CT molecular complexity index is 724. The second kappa shape index (κ2) is 11.0. The molecule has 0 spiro atoms. The van der Waals surface area contributed by atoms with Crippen LogP contribution in [0.3, 0.4) is 0 Å². The zero-order chi connectivity index (χ0) is 21.5. The molecule has 1 aromatic rings. The summed E-state index contributed by atoms with van der Waals surface area (Å²) < 4.78 is 11.2. The minimum absolute atomic E-state index is 0.0269. The second-order valence-electron chi connectivity index (χ2n) is 9.25. The Hall–Kier alpha value is -1.34. The van der Waals surface area contributed by atoms with Crippen molar-refractivity contribution in [1.29, 1.82) is 0 Å². The van der Waals surface area contributed by atoms with E-state index in [9.17, 15) is 0 Å². The molecule has 3 heterocycles. The van der Waals surface area contributed by atoms with Gasteiger partial charge >= 0.3 is 0 Å². The largest absolute Gasteiger partial charge is 0.381 e. The van der Waals surface area contributed by atoms with Crippen LogP contribution < -0.4 is 10.6 Å². The first-order valence-electron chi connectivity index (χ1n) is 11.8. The second-order valence-corrected chi connectivity index (χ2v) is 9.65. The SMILES string of the molecule is CN=C(NCC1(c2ccccc2Cl)CCOCC1)NC1CCN(CC2CCOC2)CC1. The van der Waals surface area contributed by atoms with Gasteiger partial charge in [-0.25, -0.2) is 0 Å². The minimum atomic E-state index is -0.0269. The van der Waals surface area contributed by atoms with E-state index < -0.39 is 0 Å². The lowest BCUT2D eigenvalue weighted by Gasteiger charge is -2.39. The standard InChI is InChI=1S/C24H37ClN4O2/c1-26-23(28-20-6-11-29(12-7-20)16-19-8-13-31-17-19)27-18-24(9-14-30-15-10-24)21-4-2-3-5-22(21)25/h2-5,19-20H,6-18H2,1H3,(H2,26,27,28). The number of hydrogen-bond donors (Lipinski definition) is 2. The van der Waals surface area contributed by atoms with Gasteiger partial charge in [0, 0.05) is 69.5 Å². The number of halogens is 1. The number of guanidine groups is 1. The summed E-state index contributed by atoms with van der Waals surface area (Å²) in [5.41, 5.74) is 1.19. The van der Waals surface area contributed by atoms with Crippen molar-refractivity contribution in [3.8, 4) is 0 Å². The van der Waals surface area contributed by atoms with E-state index in [-0.39, 0.29) is 5.41 Å². The normalized spacial score (nSPS) is 25.5. The first-order valence-corrected chi connectivity index (χ1v) is 12.2. The van der Waals surface area contributed by atoms with Gasteiger partial charge in [0.1, 0.15) is 0 Å². The van der Waals surface area contributed by atoms with Crippen molar-refractivity contribution in [3.05, 3.63) is 34.9 Å². The predicted molar refractivity (Wildman–Crippen MR) is 126 cm³/mol. The molecule has 1 aromatic carbocycles. The van der Waals surface area contributed by atoms with Crippen molar-refractivity contribution >= 4 is 17.6 Å². The molecule has 0 bridgehead atoms. The van der Waals surface area contributed by atoms with E-state index in [1.807, 2.05) is 19.2 Å². The van der Waals surface area contributed by atoms with Crippen molar-refractivity contribution in [2.24, 2.45) is 10.9 Å². The Labute approximate surface area is 191 Å². The van der Waals surface area contributed by atoms with Crippen LogP contribution in [-0.2, 0) is 14.9 Å². The van der Waals surface area contributed by atoms with Crippen molar-refractivity contribution in [2.45, 2.75) is 43.6 Å². The fourth-order valence-corrected chi connectivity index (χ4v) is 5.52. The van der Waals surface area contributed by atoms with Gasteiger partial charge in [-0.2, -0.15) is 0 Å². The lowest BCUT2D eigenvalue weighted by Crippen LogP contribution is -2.52. The lowest BCUT2D eigenvalue weighted by molar-refractivity contribution is 0.0514. The predicted octanol–water partition coefficient (Wildman–Crippen LogP) is 3.05. The summed E-state index contributed by atoms with van der Waals surface area (Å²) in [5, 5.41) is 8.13. The Balaban J connectivity index is 1.30. The van der Waals surface area contributed by atoms with Crippen molar-refractivity contribution in [2.75, 3.05) is 59.7 Å². The van der Waals surface area contributed by atoms with Crippen LogP contribution >= 0.6 is 11.6 Å². The van der Waals surface area contributed by atoms with Crippen LogP contribution in [0.4, 0.5) is 0 Å². The van der Waals surface area contributed by atoms with Crippen LogP contribution in [0.1, 0.15) is 37.7 Å². The van der Waals surface area contributed by atoms with E-state index in [0.29, 0.717) is 6.04 Å². The van der Waals surface area contributed by atoms with Gasteiger partial charge in [0.25, 0.3) is 0 Å². The van der Waals surface area contributed by atoms with E-state index in [2.05, 4.69) is 32.7 Å². The summed E-state index contributed by atoms with van der Waals surface area (Å²) >= 11 is 6.60. The number of benzene rings is 1. The summed E-state index contributed by atoms with van der Waals surface area (Å²) in [6, 6.07) is 8.70. The van der Waals surface area contributed by atoms with E-state index >= 15 is 0 Å². The third kappa shape index (κ3) is 5.92. The molecule has 7 heteroatoms. The molecule has 0 saturated carbocycles. The van der Waals surface area contributed by atoms with Crippen LogP contribution in [0, 0.1) is 5.92 Å². The first-order chi connectivity index (χ1) is 15.2. The Morgan fingerprint density at radius 1 is 1.13 bits per heavy atom. The van der Waals surface area contributed by atoms with Gasteiger partial charge in [-0.1, -0.05) is 29.8 Å². The lowest BCUT2D eigenvalue weighted by atomic mass is 9.74. The topological polar surface area (TPSA) is 58.1 Å². The highest BCUT2D eigenvalue weighted by atomic mass is 35.5. The van der Waals surface area contributed by atoms with E-state index in [1.54, 1.807) is 0 Å². The van der Waals surface area contributed by atoms with E-state index in [0.717, 1.165) is 88.6 Å². The molecule has 0 radical (unpaired) electrons. The van der Waals surface area contributed by atoms with Gasteiger partial charge < -0.3 is 25.0 Å². The summed E-state index contributed by atoms with van der Waals surface area (Å²) in [4.78, 5) is 7.12. The smallest absolute Gasteiger partial charge is 0.191 e. The fourth-order valence-electron chi connectivity index (χ4n) is 5.19. The van der Waals surface area contributed by atoms with Gasteiger partial charge in [0.15, 0.2) is 5.96 Å². The summed E-state index contributed by atoms with van der Waals surface area (Å²) in [6.07, 6.45) is 5.44. The summed E-state index contributed by atoms with van der Waals surface area (Å²) in [7, 11) is 1.86.